The van der Waals surface area contributed by atoms with E-state index in [-0.39, 0.29) is 0 Å². The third kappa shape index (κ3) is 4.71. The number of para-hydroxylation sites is 2. The lowest BCUT2D eigenvalue weighted by Crippen LogP contribution is -2.43. The number of carbonyl (C=O) groups is 2. The Labute approximate surface area is 129 Å². The smallest absolute Gasteiger partial charge is 0.313 e. The Balaban J connectivity index is 1.75. The molecule has 0 bridgehead atoms. The van der Waals surface area contributed by atoms with Gasteiger partial charge in [0.1, 0.15) is 5.75 Å². The van der Waals surface area contributed by atoms with Gasteiger partial charge < -0.3 is 20.1 Å². The molecule has 0 saturated carbocycles. The van der Waals surface area contributed by atoms with Crippen LogP contribution in [0, 0.1) is 0 Å². The van der Waals surface area contributed by atoms with Gasteiger partial charge in [-0.2, -0.15) is 0 Å². The van der Waals surface area contributed by atoms with Crippen LogP contribution < -0.4 is 15.4 Å². The Hall–Kier alpha value is -2.12. The second-order valence-electron chi connectivity index (χ2n) is 4.86. The maximum absolute atomic E-state index is 11.9. The van der Waals surface area contributed by atoms with Crippen LogP contribution in [0.5, 0.6) is 5.75 Å². The summed E-state index contributed by atoms with van der Waals surface area (Å²) < 4.78 is 10.4. The Morgan fingerprint density at radius 2 is 1.95 bits per heavy atom. The van der Waals surface area contributed by atoms with Crippen LogP contribution in [0.15, 0.2) is 24.3 Å². The molecule has 0 aromatic heterocycles. The first-order valence-corrected chi connectivity index (χ1v) is 7.23. The average molecular weight is 307 g/mol. The molecule has 120 valence electrons. The molecule has 1 aromatic carbocycles. The van der Waals surface area contributed by atoms with E-state index in [0.717, 1.165) is 13.1 Å². The van der Waals surface area contributed by atoms with Crippen LogP contribution in [0.2, 0.25) is 0 Å². The van der Waals surface area contributed by atoms with Gasteiger partial charge >= 0.3 is 11.8 Å². The zero-order valence-electron chi connectivity index (χ0n) is 12.6. The molecule has 0 unspecified atom stereocenters. The van der Waals surface area contributed by atoms with E-state index in [0.29, 0.717) is 37.7 Å². The number of carbonyl (C=O) groups excluding carboxylic acids is 2. The zero-order chi connectivity index (χ0) is 15.8. The molecule has 0 radical (unpaired) electrons. The lowest BCUT2D eigenvalue weighted by atomic mass is 10.3. The summed E-state index contributed by atoms with van der Waals surface area (Å²) in [6.07, 6.45) is 0. The molecule has 1 heterocycles. The van der Waals surface area contributed by atoms with Crippen molar-refractivity contribution in [2.45, 2.75) is 0 Å². The van der Waals surface area contributed by atoms with Crippen molar-refractivity contribution in [1.29, 1.82) is 0 Å². The predicted molar refractivity (Wildman–Crippen MR) is 81.9 cm³/mol. The van der Waals surface area contributed by atoms with Crippen LogP contribution in [0.3, 0.4) is 0 Å². The topological polar surface area (TPSA) is 79.9 Å². The number of rotatable bonds is 5. The molecule has 1 aliphatic heterocycles. The van der Waals surface area contributed by atoms with Crippen molar-refractivity contribution in [3.63, 3.8) is 0 Å². The highest BCUT2D eigenvalue weighted by atomic mass is 16.5. The Morgan fingerprint density at radius 1 is 1.23 bits per heavy atom. The van der Waals surface area contributed by atoms with E-state index in [2.05, 4.69) is 15.5 Å². The summed E-state index contributed by atoms with van der Waals surface area (Å²) in [5.74, 6) is -0.845. The molecule has 2 rings (SSSR count). The molecule has 22 heavy (non-hydrogen) atoms. The van der Waals surface area contributed by atoms with Gasteiger partial charge in [-0.05, 0) is 12.1 Å². The molecule has 7 heteroatoms. The minimum atomic E-state index is -0.702. The minimum Gasteiger partial charge on any atom is -0.495 e. The van der Waals surface area contributed by atoms with Crippen molar-refractivity contribution < 1.29 is 19.1 Å². The van der Waals surface area contributed by atoms with Crippen molar-refractivity contribution in [3.8, 4) is 5.75 Å². The quantitative estimate of drug-likeness (QED) is 0.753. The van der Waals surface area contributed by atoms with Crippen molar-refractivity contribution >= 4 is 17.5 Å². The second-order valence-corrected chi connectivity index (χ2v) is 4.86. The number of methoxy groups -OCH3 is 1. The predicted octanol–water partition coefficient (Wildman–Crippen LogP) is 0.0821. The number of nitrogens with zero attached hydrogens (tertiary/aromatic N) is 1. The third-order valence-electron chi connectivity index (χ3n) is 3.38. The lowest BCUT2D eigenvalue weighted by Gasteiger charge is -2.26. The Kier molecular flexibility index (Phi) is 6.17. The van der Waals surface area contributed by atoms with Crippen molar-refractivity contribution in [2.75, 3.05) is 51.8 Å². The van der Waals surface area contributed by atoms with Crippen LogP contribution >= 0.6 is 0 Å². The summed E-state index contributed by atoms with van der Waals surface area (Å²) >= 11 is 0. The number of benzene rings is 1. The molecule has 2 amide bonds. The lowest BCUT2D eigenvalue weighted by molar-refractivity contribution is -0.136. The number of anilines is 1. The van der Waals surface area contributed by atoms with Crippen LogP contribution in [-0.2, 0) is 14.3 Å². The maximum atomic E-state index is 11.9. The molecular weight excluding hydrogens is 286 g/mol. The van der Waals surface area contributed by atoms with Crippen molar-refractivity contribution in [3.05, 3.63) is 24.3 Å². The van der Waals surface area contributed by atoms with Gasteiger partial charge in [0.25, 0.3) is 0 Å². The van der Waals surface area contributed by atoms with Crippen LogP contribution in [0.4, 0.5) is 5.69 Å². The van der Waals surface area contributed by atoms with Crippen LogP contribution in [0.1, 0.15) is 0 Å². The summed E-state index contributed by atoms with van der Waals surface area (Å²) in [4.78, 5) is 25.8. The highest BCUT2D eigenvalue weighted by Gasteiger charge is 2.16. The molecule has 0 spiro atoms. The summed E-state index contributed by atoms with van der Waals surface area (Å²) in [6.45, 7) is 4.26. The fourth-order valence-electron chi connectivity index (χ4n) is 2.16. The molecule has 0 atom stereocenters. The van der Waals surface area contributed by atoms with Gasteiger partial charge in [-0.3, -0.25) is 14.5 Å². The zero-order valence-corrected chi connectivity index (χ0v) is 12.6. The van der Waals surface area contributed by atoms with E-state index < -0.39 is 11.8 Å². The summed E-state index contributed by atoms with van der Waals surface area (Å²) in [7, 11) is 1.51. The fourth-order valence-corrected chi connectivity index (χ4v) is 2.16. The average Bonchev–Trinajstić information content (AvgIpc) is 2.56. The summed E-state index contributed by atoms with van der Waals surface area (Å²) in [6, 6.07) is 6.94. The number of morpholine rings is 1. The molecule has 7 nitrogen and oxygen atoms in total. The first kappa shape index (κ1) is 16.3. The van der Waals surface area contributed by atoms with Gasteiger partial charge in [0.05, 0.1) is 26.0 Å². The van der Waals surface area contributed by atoms with E-state index in [4.69, 9.17) is 9.47 Å². The highest BCUT2D eigenvalue weighted by Crippen LogP contribution is 2.22. The minimum absolute atomic E-state index is 0.429. The van der Waals surface area contributed by atoms with Gasteiger partial charge in [0.2, 0.25) is 0 Å². The standard InChI is InChI=1S/C15H21N3O4/c1-21-13-5-3-2-4-12(13)17-15(20)14(19)16-6-7-18-8-10-22-11-9-18/h2-5H,6-11H2,1H3,(H,16,19)(H,17,20). The van der Waals surface area contributed by atoms with E-state index in [1.165, 1.54) is 7.11 Å². The van der Waals surface area contributed by atoms with Gasteiger partial charge in [0.15, 0.2) is 0 Å². The van der Waals surface area contributed by atoms with Gasteiger partial charge in [-0.1, -0.05) is 12.1 Å². The van der Waals surface area contributed by atoms with Crippen LogP contribution in [0.25, 0.3) is 0 Å². The van der Waals surface area contributed by atoms with Gasteiger partial charge in [0, 0.05) is 26.2 Å². The van der Waals surface area contributed by atoms with Crippen molar-refractivity contribution in [1.82, 2.24) is 10.2 Å². The second kappa shape index (κ2) is 8.35. The summed E-state index contributed by atoms with van der Waals surface area (Å²) in [5, 5.41) is 5.15. The molecule has 1 aliphatic rings. The largest absolute Gasteiger partial charge is 0.495 e. The SMILES string of the molecule is COc1ccccc1NC(=O)C(=O)NCCN1CCOCC1. The molecule has 1 aromatic rings. The third-order valence-corrected chi connectivity index (χ3v) is 3.38. The van der Waals surface area contributed by atoms with Gasteiger partial charge in [-0.15, -0.1) is 0 Å². The van der Waals surface area contributed by atoms with Crippen LogP contribution in [-0.4, -0.2) is 63.2 Å². The maximum Gasteiger partial charge on any atom is 0.313 e. The number of amides is 2. The molecular formula is C15H21N3O4. The normalized spacial score (nSPS) is 15.1. The summed E-state index contributed by atoms with van der Waals surface area (Å²) in [5.41, 5.74) is 0.471. The number of nitrogens with one attached hydrogen (secondary N) is 2. The Bertz CT molecular complexity index is 515. The fraction of sp³-hybridized carbons (Fsp3) is 0.467. The molecule has 1 saturated heterocycles. The molecule has 2 N–H and O–H groups in total. The van der Waals surface area contributed by atoms with E-state index in [9.17, 15) is 9.59 Å². The van der Waals surface area contributed by atoms with E-state index in [1.54, 1.807) is 24.3 Å². The number of hydrogen-bond acceptors (Lipinski definition) is 5. The first-order valence-electron chi connectivity index (χ1n) is 7.23. The van der Waals surface area contributed by atoms with Gasteiger partial charge in [-0.25, -0.2) is 0 Å². The first-order chi connectivity index (χ1) is 10.7. The molecule has 0 aliphatic carbocycles. The Morgan fingerprint density at radius 3 is 2.68 bits per heavy atom. The van der Waals surface area contributed by atoms with E-state index in [1.807, 2.05) is 0 Å². The molecule has 1 fully saturated rings. The van der Waals surface area contributed by atoms with Crippen molar-refractivity contribution in [2.24, 2.45) is 0 Å². The number of ether oxygens (including phenoxy) is 2. The van der Waals surface area contributed by atoms with E-state index >= 15 is 0 Å². The number of hydrogen-bond donors (Lipinski definition) is 2. The monoisotopic (exact) mass is 307 g/mol. The highest BCUT2D eigenvalue weighted by molar-refractivity contribution is 6.39.